The summed E-state index contributed by atoms with van der Waals surface area (Å²) in [5.41, 5.74) is 1.58. The minimum Gasteiger partial charge on any atom is -0.490 e. The maximum atomic E-state index is 14.1. The molecular weight excluding hydrogens is 415 g/mol. The molecule has 0 saturated heterocycles. The third-order valence-electron chi connectivity index (χ3n) is 4.61. The normalized spacial score (nSPS) is 14.3. The zero-order valence-corrected chi connectivity index (χ0v) is 15.9. The Kier molecular flexibility index (Phi) is 3.71. The molecule has 0 fully saturated rings. The third kappa shape index (κ3) is 2.53. The summed E-state index contributed by atoms with van der Waals surface area (Å²) < 4.78 is 22.6. The van der Waals surface area contributed by atoms with Crippen LogP contribution in [-0.4, -0.2) is 37.7 Å². The maximum Gasteiger partial charge on any atom is 0.257 e. The average molecular weight is 429 g/mol. The van der Waals surface area contributed by atoms with Crippen molar-refractivity contribution in [2.24, 2.45) is 0 Å². The molecule has 4 heterocycles. The minimum absolute atomic E-state index is 0.325. The topological polar surface area (TPSA) is 68.4 Å². The van der Waals surface area contributed by atoms with Gasteiger partial charge in [-0.1, -0.05) is 0 Å². The molecule has 5 rings (SSSR count). The molecule has 0 bridgehead atoms. The van der Waals surface area contributed by atoms with Gasteiger partial charge in [-0.2, -0.15) is 4.98 Å². The number of aromatic nitrogens is 5. The number of halogens is 2. The molecule has 27 heavy (non-hydrogen) atoms. The summed E-state index contributed by atoms with van der Waals surface area (Å²) >= 11 is 3.50. The van der Waals surface area contributed by atoms with Crippen molar-refractivity contribution >= 4 is 44.1 Å². The number of rotatable bonds is 1. The highest BCUT2D eigenvalue weighted by molar-refractivity contribution is 9.10. The average Bonchev–Trinajstić information content (AvgIpc) is 2.89. The standard InChI is InChI=1S/C18H14BrFN6O/c1-10-23-24-18-22-17(12-7-11(20)3-4-14(12)26(10)18)25-5-2-6-27-16-13(19)8-21-9-15(16)25/h3-4,7-9H,2,5-6H2,1H3. The number of hydrogen-bond acceptors (Lipinski definition) is 6. The Morgan fingerprint density at radius 1 is 1.22 bits per heavy atom. The highest BCUT2D eigenvalue weighted by Gasteiger charge is 2.25. The smallest absolute Gasteiger partial charge is 0.257 e. The van der Waals surface area contributed by atoms with Gasteiger partial charge >= 0.3 is 0 Å². The van der Waals surface area contributed by atoms with Crippen molar-refractivity contribution in [2.75, 3.05) is 18.1 Å². The lowest BCUT2D eigenvalue weighted by molar-refractivity contribution is 0.320. The zero-order chi connectivity index (χ0) is 18.5. The van der Waals surface area contributed by atoms with Crippen LogP contribution in [0.4, 0.5) is 15.9 Å². The Hall–Kier alpha value is -2.81. The van der Waals surface area contributed by atoms with Gasteiger partial charge in [-0.3, -0.25) is 9.38 Å². The van der Waals surface area contributed by atoms with Crippen LogP contribution in [0.25, 0.3) is 16.7 Å². The largest absolute Gasteiger partial charge is 0.490 e. The van der Waals surface area contributed by atoms with Gasteiger partial charge in [0.25, 0.3) is 5.78 Å². The van der Waals surface area contributed by atoms with E-state index in [2.05, 4.69) is 31.1 Å². The first kappa shape index (κ1) is 16.4. The van der Waals surface area contributed by atoms with Gasteiger partial charge in [0.05, 0.1) is 22.8 Å². The number of pyridine rings is 1. The van der Waals surface area contributed by atoms with E-state index in [1.165, 1.54) is 12.1 Å². The predicted molar refractivity (Wildman–Crippen MR) is 102 cm³/mol. The van der Waals surface area contributed by atoms with Crippen LogP contribution in [-0.2, 0) is 0 Å². The molecule has 1 aliphatic heterocycles. The quantitative estimate of drug-likeness (QED) is 0.459. The Labute approximate surface area is 161 Å². The number of ether oxygens (including phenoxy) is 1. The summed E-state index contributed by atoms with van der Waals surface area (Å²) in [6, 6.07) is 4.66. The molecule has 4 aromatic rings. The SMILES string of the molecule is Cc1nnc2nc(N3CCCOc4c(Br)cncc43)c3cc(F)ccc3n12. The van der Waals surface area contributed by atoms with E-state index in [1.807, 2.05) is 16.2 Å². The van der Waals surface area contributed by atoms with Crippen molar-refractivity contribution in [1.82, 2.24) is 24.6 Å². The second-order valence-corrected chi connectivity index (χ2v) is 7.16. The molecule has 7 nitrogen and oxygen atoms in total. The van der Waals surface area contributed by atoms with Crippen LogP contribution in [0.3, 0.4) is 0 Å². The molecular formula is C18H14BrFN6O. The summed E-state index contributed by atoms with van der Waals surface area (Å²) in [4.78, 5) is 11.0. The van der Waals surface area contributed by atoms with E-state index >= 15 is 0 Å². The second-order valence-electron chi connectivity index (χ2n) is 6.30. The van der Waals surface area contributed by atoms with Gasteiger partial charge in [-0.25, -0.2) is 4.39 Å². The summed E-state index contributed by atoms with van der Waals surface area (Å²) in [6.07, 6.45) is 4.21. The summed E-state index contributed by atoms with van der Waals surface area (Å²) in [6.45, 7) is 3.08. The lowest BCUT2D eigenvalue weighted by Crippen LogP contribution is -2.20. The summed E-state index contributed by atoms with van der Waals surface area (Å²) in [5, 5.41) is 8.97. The van der Waals surface area contributed by atoms with E-state index in [9.17, 15) is 4.39 Å². The first-order valence-electron chi connectivity index (χ1n) is 8.48. The fourth-order valence-corrected chi connectivity index (χ4v) is 3.87. The van der Waals surface area contributed by atoms with Gasteiger partial charge in [0.2, 0.25) is 0 Å². The fourth-order valence-electron chi connectivity index (χ4n) is 3.43. The van der Waals surface area contributed by atoms with Crippen molar-refractivity contribution in [2.45, 2.75) is 13.3 Å². The molecule has 0 radical (unpaired) electrons. The van der Waals surface area contributed by atoms with E-state index in [4.69, 9.17) is 9.72 Å². The molecule has 0 aliphatic carbocycles. The second kappa shape index (κ2) is 6.12. The number of fused-ring (bicyclic) bond motifs is 4. The van der Waals surface area contributed by atoms with E-state index in [1.54, 1.807) is 18.5 Å². The van der Waals surface area contributed by atoms with Crippen molar-refractivity contribution in [3.8, 4) is 5.75 Å². The molecule has 0 unspecified atom stereocenters. The number of hydrogen-bond donors (Lipinski definition) is 0. The summed E-state index contributed by atoms with van der Waals surface area (Å²) in [5.74, 6) is 2.15. The van der Waals surface area contributed by atoms with Gasteiger partial charge in [0, 0.05) is 18.1 Å². The van der Waals surface area contributed by atoms with Gasteiger partial charge in [-0.15, -0.1) is 10.2 Å². The van der Waals surface area contributed by atoms with E-state index in [0.717, 1.165) is 22.1 Å². The lowest BCUT2D eigenvalue weighted by Gasteiger charge is -2.24. The maximum absolute atomic E-state index is 14.1. The van der Waals surface area contributed by atoms with E-state index < -0.39 is 0 Å². The van der Waals surface area contributed by atoms with Crippen molar-refractivity contribution in [3.63, 3.8) is 0 Å². The highest BCUT2D eigenvalue weighted by atomic mass is 79.9. The van der Waals surface area contributed by atoms with Crippen molar-refractivity contribution in [3.05, 3.63) is 46.7 Å². The van der Waals surface area contributed by atoms with Crippen LogP contribution in [0.15, 0.2) is 35.1 Å². The molecule has 0 saturated carbocycles. The molecule has 9 heteroatoms. The Morgan fingerprint density at radius 3 is 3.00 bits per heavy atom. The molecule has 1 aromatic carbocycles. The zero-order valence-electron chi connectivity index (χ0n) is 14.4. The van der Waals surface area contributed by atoms with Crippen LogP contribution in [0.1, 0.15) is 12.2 Å². The highest BCUT2D eigenvalue weighted by Crippen LogP contribution is 2.41. The molecule has 3 aromatic heterocycles. The van der Waals surface area contributed by atoms with Crippen LogP contribution in [0, 0.1) is 12.7 Å². The molecule has 1 aliphatic rings. The monoisotopic (exact) mass is 428 g/mol. The number of aryl methyl sites for hydroxylation is 1. The first-order chi connectivity index (χ1) is 13.1. The lowest BCUT2D eigenvalue weighted by atomic mass is 10.2. The van der Waals surface area contributed by atoms with Gasteiger partial charge in [-0.05, 0) is 47.5 Å². The van der Waals surface area contributed by atoms with Crippen LogP contribution in [0.5, 0.6) is 5.75 Å². The number of benzene rings is 1. The van der Waals surface area contributed by atoms with Gasteiger partial charge < -0.3 is 9.64 Å². The van der Waals surface area contributed by atoms with Crippen LogP contribution in [0.2, 0.25) is 0 Å². The Morgan fingerprint density at radius 2 is 2.11 bits per heavy atom. The molecule has 0 atom stereocenters. The van der Waals surface area contributed by atoms with E-state index in [0.29, 0.717) is 41.7 Å². The predicted octanol–water partition coefficient (Wildman–Crippen LogP) is 3.80. The van der Waals surface area contributed by atoms with Gasteiger partial charge in [0.15, 0.2) is 5.75 Å². The summed E-state index contributed by atoms with van der Waals surface area (Å²) in [7, 11) is 0. The van der Waals surface area contributed by atoms with E-state index in [-0.39, 0.29) is 5.82 Å². The Bertz CT molecular complexity index is 1190. The molecule has 0 N–H and O–H groups in total. The molecule has 0 spiro atoms. The molecule has 136 valence electrons. The fraction of sp³-hybridized carbons (Fsp3) is 0.222. The molecule has 0 amide bonds. The van der Waals surface area contributed by atoms with Gasteiger partial charge in [0.1, 0.15) is 23.1 Å². The van der Waals surface area contributed by atoms with Crippen molar-refractivity contribution < 1.29 is 9.13 Å². The first-order valence-corrected chi connectivity index (χ1v) is 9.27. The van der Waals surface area contributed by atoms with Crippen molar-refractivity contribution in [1.29, 1.82) is 0 Å². The van der Waals surface area contributed by atoms with Crippen LogP contribution < -0.4 is 9.64 Å². The minimum atomic E-state index is -0.325. The third-order valence-corrected chi connectivity index (χ3v) is 5.17. The number of anilines is 2. The van der Waals surface area contributed by atoms with Crippen LogP contribution >= 0.6 is 15.9 Å². The number of nitrogens with zero attached hydrogens (tertiary/aromatic N) is 6. The Balaban J connectivity index is 1.85.